The quantitative estimate of drug-likeness (QED) is 0.673. The van der Waals surface area contributed by atoms with Crippen molar-refractivity contribution in [2.24, 2.45) is 5.73 Å². The van der Waals surface area contributed by atoms with Crippen molar-refractivity contribution in [2.45, 2.75) is 25.4 Å². The molecule has 0 aliphatic heterocycles. The highest BCUT2D eigenvalue weighted by molar-refractivity contribution is 5.44. The molecule has 1 atom stereocenters. The highest BCUT2D eigenvalue weighted by Crippen LogP contribution is 2.30. The third-order valence-electron chi connectivity index (χ3n) is 2.73. The fourth-order valence-electron chi connectivity index (χ4n) is 1.87. The van der Waals surface area contributed by atoms with E-state index in [1.54, 1.807) is 13.3 Å². The van der Waals surface area contributed by atoms with E-state index < -0.39 is 5.60 Å². The van der Waals surface area contributed by atoms with Crippen molar-refractivity contribution in [1.82, 2.24) is 4.98 Å². The molecule has 0 saturated carbocycles. The third kappa shape index (κ3) is 3.39. The van der Waals surface area contributed by atoms with Gasteiger partial charge in [0.25, 0.3) is 0 Å². The molecule has 17 heavy (non-hydrogen) atoms. The molecule has 1 unspecified atom stereocenters. The molecule has 5 heteroatoms. The van der Waals surface area contributed by atoms with Gasteiger partial charge in [-0.2, -0.15) is 0 Å². The van der Waals surface area contributed by atoms with Gasteiger partial charge in [-0.15, -0.1) is 0 Å². The summed E-state index contributed by atoms with van der Waals surface area (Å²) in [5.41, 5.74) is 11.8. The molecule has 1 rings (SSSR count). The Balaban J connectivity index is 3.07. The molecule has 5 N–H and O–H groups in total. The zero-order valence-electron chi connectivity index (χ0n) is 10.4. The predicted octanol–water partition coefficient (Wildman–Crippen LogP) is 0.545. The van der Waals surface area contributed by atoms with E-state index in [1.807, 2.05) is 13.0 Å². The predicted molar refractivity (Wildman–Crippen MR) is 67.4 cm³/mol. The van der Waals surface area contributed by atoms with Crippen LogP contribution in [0, 0.1) is 6.92 Å². The van der Waals surface area contributed by atoms with E-state index in [9.17, 15) is 5.11 Å². The van der Waals surface area contributed by atoms with Crippen LogP contribution in [0.2, 0.25) is 0 Å². The molecule has 0 aliphatic carbocycles. The minimum absolute atomic E-state index is 0.183. The van der Waals surface area contributed by atoms with E-state index in [1.165, 1.54) is 0 Å². The number of aryl methyl sites for hydroxylation is 1. The zero-order chi connectivity index (χ0) is 12.9. The summed E-state index contributed by atoms with van der Waals surface area (Å²) in [6.07, 6.45) is 2.88. The maximum Gasteiger partial charge on any atom is 0.129 e. The average Bonchev–Trinajstić information content (AvgIpc) is 2.30. The summed E-state index contributed by atoms with van der Waals surface area (Å²) in [6.45, 7) is 2.61. The minimum Gasteiger partial charge on any atom is -0.383 e. The number of rotatable bonds is 6. The number of ether oxygens (including phenoxy) is 1. The van der Waals surface area contributed by atoms with Crippen LogP contribution >= 0.6 is 0 Å². The Bertz CT molecular complexity index is 371. The van der Waals surface area contributed by atoms with E-state index in [0.29, 0.717) is 30.8 Å². The lowest BCUT2D eigenvalue weighted by molar-refractivity contribution is -0.0426. The Labute approximate surface area is 102 Å². The van der Waals surface area contributed by atoms with Crippen LogP contribution in [0.5, 0.6) is 0 Å². The van der Waals surface area contributed by atoms with Crippen molar-refractivity contribution in [3.63, 3.8) is 0 Å². The number of hydrogen-bond donors (Lipinski definition) is 3. The molecular weight excluding hydrogens is 218 g/mol. The first-order valence-electron chi connectivity index (χ1n) is 5.67. The van der Waals surface area contributed by atoms with E-state index >= 15 is 0 Å². The van der Waals surface area contributed by atoms with Crippen LogP contribution in [-0.4, -0.2) is 30.4 Å². The van der Waals surface area contributed by atoms with Crippen molar-refractivity contribution in [1.29, 1.82) is 0 Å². The van der Waals surface area contributed by atoms with Crippen LogP contribution in [0.15, 0.2) is 12.3 Å². The summed E-state index contributed by atoms with van der Waals surface area (Å²) >= 11 is 0. The maximum absolute atomic E-state index is 10.6. The van der Waals surface area contributed by atoms with Crippen molar-refractivity contribution in [3.8, 4) is 0 Å². The number of nitrogens with zero attached hydrogens (tertiary/aromatic N) is 1. The fourth-order valence-corrected chi connectivity index (χ4v) is 1.87. The highest BCUT2D eigenvalue weighted by atomic mass is 16.5. The van der Waals surface area contributed by atoms with Crippen molar-refractivity contribution >= 4 is 5.82 Å². The van der Waals surface area contributed by atoms with Gasteiger partial charge in [0.2, 0.25) is 0 Å². The van der Waals surface area contributed by atoms with Gasteiger partial charge in [0.05, 0.1) is 6.61 Å². The number of nitrogen functional groups attached to an aromatic ring is 1. The molecular formula is C12H21N3O2. The summed E-state index contributed by atoms with van der Waals surface area (Å²) in [4.78, 5) is 4.07. The van der Waals surface area contributed by atoms with Crippen molar-refractivity contribution in [3.05, 3.63) is 23.4 Å². The van der Waals surface area contributed by atoms with Crippen LogP contribution in [-0.2, 0) is 10.3 Å². The number of methoxy groups -OCH3 is 1. The molecule has 0 fully saturated rings. The topological polar surface area (TPSA) is 94.4 Å². The standard InChI is InChI=1S/C12H21N3O2/c1-9-6-10(11(14)15-7-9)12(16,8-17-2)4-3-5-13/h6-7,16H,3-5,8,13H2,1-2H3,(H2,14,15). The lowest BCUT2D eigenvalue weighted by Crippen LogP contribution is -2.33. The zero-order valence-corrected chi connectivity index (χ0v) is 10.4. The largest absolute Gasteiger partial charge is 0.383 e. The van der Waals surface area contributed by atoms with E-state index in [4.69, 9.17) is 16.2 Å². The fraction of sp³-hybridized carbons (Fsp3) is 0.583. The second kappa shape index (κ2) is 5.95. The van der Waals surface area contributed by atoms with Gasteiger partial charge in [0.1, 0.15) is 11.4 Å². The number of nitrogens with two attached hydrogens (primary N) is 2. The summed E-state index contributed by atoms with van der Waals surface area (Å²) in [6, 6.07) is 1.85. The SMILES string of the molecule is COCC(O)(CCCN)c1cc(C)cnc1N. The van der Waals surface area contributed by atoms with Crippen molar-refractivity contribution in [2.75, 3.05) is 26.0 Å². The molecule has 1 heterocycles. The maximum atomic E-state index is 10.6. The summed E-state index contributed by atoms with van der Waals surface area (Å²) in [5, 5.41) is 10.6. The first kappa shape index (κ1) is 13.9. The number of aromatic nitrogens is 1. The molecule has 1 aromatic rings. The Hall–Kier alpha value is -1.17. The molecule has 0 aliphatic rings. The smallest absolute Gasteiger partial charge is 0.129 e. The first-order valence-corrected chi connectivity index (χ1v) is 5.67. The minimum atomic E-state index is -1.11. The molecule has 0 bridgehead atoms. The van der Waals surface area contributed by atoms with Gasteiger partial charge in [-0.25, -0.2) is 4.98 Å². The molecule has 0 amide bonds. The van der Waals surface area contributed by atoms with Crippen LogP contribution in [0.3, 0.4) is 0 Å². The number of aliphatic hydroxyl groups is 1. The summed E-state index contributed by atoms with van der Waals surface area (Å²) in [7, 11) is 1.55. The van der Waals surface area contributed by atoms with Gasteiger partial charge in [-0.05, 0) is 37.9 Å². The van der Waals surface area contributed by atoms with E-state index in [-0.39, 0.29) is 6.61 Å². The molecule has 0 spiro atoms. The number of pyridine rings is 1. The Morgan fingerprint density at radius 1 is 1.53 bits per heavy atom. The number of hydrogen-bond acceptors (Lipinski definition) is 5. The van der Waals surface area contributed by atoms with Gasteiger partial charge in [0, 0.05) is 18.9 Å². The molecule has 0 aromatic carbocycles. The number of anilines is 1. The van der Waals surface area contributed by atoms with E-state index in [2.05, 4.69) is 4.98 Å². The highest BCUT2D eigenvalue weighted by Gasteiger charge is 2.31. The molecule has 5 nitrogen and oxygen atoms in total. The summed E-state index contributed by atoms with van der Waals surface area (Å²) in [5.74, 6) is 0.340. The molecule has 0 radical (unpaired) electrons. The Morgan fingerprint density at radius 3 is 2.82 bits per heavy atom. The van der Waals surface area contributed by atoms with Gasteiger partial charge in [-0.1, -0.05) is 0 Å². The van der Waals surface area contributed by atoms with Crippen LogP contribution < -0.4 is 11.5 Å². The molecule has 96 valence electrons. The van der Waals surface area contributed by atoms with Crippen LogP contribution in [0.1, 0.15) is 24.0 Å². The normalized spacial score (nSPS) is 14.6. The summed E-state index contributed by atoms with van der Waals surface area (Å²) < 4.78 is 5.08. The lowest BCUT2D eigenvalue weighted by atomic mass is 9.89. The van der Waals surface area contributed by atoms with Gasteiger partial charge >= 0.3 is 0 Å². The van der Waals surface area contributed by atoms with Crippen molar-refractivity contribution < 1.29 is 9.84 Å². The second-order valence-electron chi connectivity index (χ2n) is 4.30. The van der Waals surface area contributed by atoms with Gasteiger partial charge < -0.3 is 21.3 Å². The average molecular weight is 239 g/mol. The first-order chi connectivity index (χ1) is 8.03. The Kier molecular flexibility index (Phi) is 4.86. The van der Waals surface area contributed by atoms with Gasteiger partial charge in [-0.3, -0.25) is 0 Å². The monoisotopic (exact) mass is 239 g/mol. The third-order valence-corrected chi connectivity index (χ3v) is 2.73. The van der Waals surface area contributed by atoms with Gasteiger partial charge in [0.15, 0.2) is 0 Å². The second-order valence-corrected chi connectivity index (χ2v) is 4.30. The molecule has 0 saturated heterocycles. The van der Waals surface area contributed by atoms with Crippen LogP contribution in [0.4, 0.5) is 5.82 Å². The lowest BCUT2D eigenvalue weighted by Gasteiger charge is -2.28. The molecule has 1 aromatic heterocycles. The van der Waals surface area contributed by atoms with Crippen LogP contribution in [0.25, 0.3) is 0 Å². The van der Waals surface area contributed by atoms with E-state index in [0.717, 1.165) is 5.56 Å². The Morgan fingerprint density at radius 2 is 2.24 bits per heavy atom.